The summed E-state index contributed by atoms with van der Waals surface area (Å²) in [5.41, 5.74) is 1.11. The smallest absolute Gasteiger partial charge is 0.124 e. The third-order valence-electron chi connectivity index (χ3n) is 3.99. The summed E-state index contributed by atoms with van der Waals surface area (Å²) in [6.45, 7) is 3.29. The van der Waals surface area contributed by atoms with Crippen molar-refractivity contribution in [1.82, 2.24) is 5.32 Å². The van der Waals surface area contributed by atoms with Gasteiger partial charge in [-0.15, -0.1) is 0 Å². The zero-order valence-corrected chi connectivity index (χ0v) is 13.2. The van der Waals surface area contributed by atoms with Crippen LogP contribution in [-0.2, 0) is 6.42 Å². The zero-order valence-electron chi connectivity index (χ0n) is 11.6. The molecule has 2 rings (SSSR count). The second-order valence-electron chi connectivity index (χ2n) is 5.59. The fourth-order valence-corrected chi connectivity index (χ4v) is 3.59. The quantitative estimate of drug-likeness (QED) is 0.827. The number of nitrogens with one attached hydrogen (secondary N) is 1. The van der Waals surface area contributed by atoms with Crippen LogP contribution in [0.3, 0.4) is 0 Å². The Labute approximate surface area is 124 Å². The Kier molecular flexibility index (Phi) is 5.83. The van der Waals surface area contributed by atoms with E-state index in [0.29, 0.717) is 12.0 Å². The van der Waals surface area contributed by atoms with Crippen LogP contribution in [0.2, 0.25) is 0 Å². The predicted octanol–water partition coefficient (Wildman–Crippen LogP) is 4.69. The summed E-state index contributed by atoms with van der Waals surface area (Å²) in [7, 11) is 0. The third-order valence-corrected chi connectivity index (χ3v) is 4.44. The Morgan fingerprint density at radius 3 is 2.79 bits per heavy atom. The Bertz CT molecular complexity index is 387. The van der Waals surface area contributed by atoms with Crippen LogP contribution in [0.1, 0.15) is 44.6 Å². The van der Waals surface area contributed by atoms with Crippen LogP contribution in [0.25, 0.3) is 0 Å². The van der Waals surface area contributed by atoms with E-state index < -0.39 is 0 Å². The Balaban J connectivity index is 2.01. The SMILES string of the molecule is CCCNC1CCCCC1Cc1cc(F)cc(Br)c1. The first kappa shape index (κ1) is 15.0. The molecule has 1 nitrogen and oxygen atoms in total. The molecule has 2 atom stereocenters. The average Bonchev–Trinajstić information content (AvgIpc) is 2.36. The summed E-state index contributed by atoms with van der Waals surface area (Å²) in [5.74, 6) is 0.507. The van der Waals surface area contributed by atoms with E-state index in [-0.39, 0.29) is 5.82 Å². The minimum absolute atomic E-state index is 0.141. The molecule has 0 saturated heterocycles. The molecule has 0 aliphatic heterocycles. The van der Waals surface area contributed by atoms with Crippen LogP contribution in [-0.4, -0.2) is 12.6 Å². The lowest BCUT2D eigenvalue weighted by Gasteiger charge is -2.32. The summed E-state index contributed by atoms with van der Waals surface area (Å²) in [4.78, 5) is 0. The molecule has 0 spiro atoms. The van der Waals surface area contributed by atoms with Crippen molar-refractivity contribution in [2.75, 3.05) is 6.54 Å². The van der Waals surface area contributed by atoms with Gasteiger partial charge in [0.1, 0.15) is 5.82 Å². The highest BCUT2D eigenvalue weighted by molar-refractivity contribution is 9.10. The summed E-state index contributed by atoms with van der Waals surface area (Å²) >= 11 is 3.38. The maximum absolute atomic E-state index is 13.4. The van der Waals surface area contributed by atoms with Crippen molar-refractivity contribution in [1.29, 1.82) is 0 Å². The highest BCUT2D eigenvalue weighted by Gasteiger charge is 2.24. The lowest BCUT2D eigenvalue weighted by molar-refractivity contribution is 0.261. The van der Waals surface area contributed by atoms with Gasteiger partial charge in [-0.3, -0.25) is 0 Å². The first-order valence-corrected chi connectivity index (χ1v) is 8.16. The molecule has 106 valence electrons. The lowest BCUT2D eigenvalue weighted by atomic mass is 9.80. The van der Waals surface area contributed by atoms with E-state index in [4.69, 9.17) is 0 Å². The molecular formula is C16H23BrFN. The fraction of sp³-hybridized carbons (Fsp3) is 0.625. The van der Waals surface area contributed by atoms with E-state index in [0.717, 1.165) is 23.0 Å². The first-order valence-electron chi connectivity index (χ1n) is 7.37. The van der Waals surface area contributed by atoms with Crippen LogP contribution < -0.4 is 5.32 Å². The molecule has 1 aromatic rings. The molecule has 0 bridgehead atoms. The molecule has 1 aromatic carbocycles. The van der Waals surface area contributed by atoms with Gasteiger partial charge < -0.3 is 5.32 Å². The molecule has 0 radical (unpaired) electrons. The van der Waals surface area contributed by atoms with Crippen molar-refractivity contribution in [3.8, 4) is 0 Å². The molecule has 0 amide bonds. The van der Waals surface area contributed by atoms with E-state index >= 15 is 0 Å². The molecule has 1 fully saturated rings. The molecule has 1 saturated carbocycles. The highest BCUT2D eigenvalue weighted by Crippen LogP contribution is 2.28. The van der Waals surface area contributed by atoms with Gasteiger partial charge in [0.05, 0.1) is 0 Å². The Hall–Kier alpha value is -0.410. The average molecular weight is 328 g/mol. The number of hydrogen-bond donors (Lipinski definition) is 1. The van der Waals surface area contributed by atoms with E-state index in [9.17, 15) is 4.39 Å². The van der Waals surface area contributed by atoms with Crippen LogP contribution in [0, 0.1) is 11.7 Å². The van der Waals surface area contributed by atoms with Gasteiger partial charge in [0.15, 0.2) is 0 Å². The monoisotopic (exact) mass is 327 g/mol. The maximum Gasteiger partial charge on any atom is 0.124 e. The van der Waals surface area contributed by atoms with Gasteiger partial charge in [-0.05, 0) is 61.9 Å². The van der Waals surface area contributed by atoms with Gasteiger partial charge in [0, 0.05) is 10.5 Å². The third kappa shape index (κ3) is 4.57. The molecule has 1 aliphatic rings. The van der Waals surface area contributed by atoms with Gasteiger partial charge in [-0.2, -0.15) is 0 Å². The topological polar surface area (TPSA) is 12.0 Å². The van der Waals surface area contributed by atoms with Crippen molar-refractivity contribution >= 4 is 15.9 Å². The van der Waals surface area contributed by atoms with Crippen molar-refractivity contribution in [3.63, 3.8) is 0 Å². The van der Waals surface area contributed by atoms with Crippen molar-refractivity contribution in [2.45, 2.75) is 51.5 Å². The number of halogens is 2. The van der Waals surface area contributed by atoms with Crippen molar-refractivity contribution < 1.29 is 4.39 Å². The second kappa shape index (κ2) is 7.39. The lowest BCUT2D eigenvalue weighted by Crippen LogP contribution is -2.39. The number of benzene rings is 1. The number of hydrogen-bond acceptors (Lipinski definition) is 1. The van der Waals surface area contributed by atoms with Gasteiger partial charge in [0.25, 0.3) is 0 Å². The van der Waals surface area contributed by atoms with Crippen molar-refractivity contribution in [3.05, 3.63) is 34.1 Å². The van der Waals surface area contributed by atoms with Crippen molar-refractivity contribution in [2.24, 2.45) is 5.92 Å². The summed E-state index contributed by atoms with van der Waals surface area (Å²) < 4.78 is 14.3. The van der Waals surface area contributed by atoms with Gasteiger partial charge in [-0.25, -0.2) is 4.39 Å². The fourth-order valence-electron chi connectivity index (χ4n) is 3.08. The van der Waals surface area contributed by atoms with E-state index in [1.54, 1.807) is 6.07 Å². The summed E-state index contributed by atoms with van der Waals surface area (Å²) in [6.07, 6.45) is 7.32. The van der Waals surface area contributed by atoms with Gasteiger partial charge in [0.2, 0.25) is 0 Å². The molecule has 0 heterocycles. The largest absolute Gasteiger partial charge is 0.314 e. The maximum atomic E-state index is 13.4. The molecule has 19 heavy (non-hydrogen) atoms. The summed E-state index contributed by atoms with van der Waals surface area (Å²) in [5, 5.41) is 3.67. The van der Waals surface area contributed by atoms with Gasteiger partial charge in [-0.1, -0.05) is 35.7 Å². The molecule has 1 aliphatic carbocycles. The second-order valence-corrected chi connectivity index (χ2v) is 6.50. The van der Waals surface area contributed by atoms with Gasteiger partial charge >= 0.3 is 0 Å². The van der Waals surface area contributed by atoms with E-state index in [1.807, 2.05) is 0 Å². The Morgan fingerprint density at radius 1 is 1.26 bits per heavy atom. The molecule has 1 N–H and O–H groups in total. The van der Waals surface area contributed by atoms with Crippen LogP contribution >= 0.6 is 15.9 Å². The van der Waals surface area contributed by atoms with E-state index in [1.165, 1.54) is 38.2 Å². The van der Waals surface area contributed by atoms with Crippen LogP contribution in [0.15, 0.2) is 22.7 Å². The summed E-state index contributed by atoms with van der Waals surface area (Å²) in [6, 6.07) is 5.86. The van der Waals surface area contributed by atoms with E-state index in [2.05, 4.69) is 34.2 Å². The zero-order chi connectivity index (χ0) is 13.7. The first-order chi connectivity index (χ1) is 9.19. The predicted molar refractivity (Wildman–Crippen MR) is 81.8 cm³/mol. The number of rotatable bonds is 5. The minimum atomic E-state index is -0.141. The molecule has 3 heteroatoms. The van der Waals surface area contributed by atoms with Crippen LogP contribution in [0.4, 0.5) is 4.39 Å². The Morgan fingerprint density at radius 2 is 2.05 bits per heavy atom. The normalized spacial score (nSPS) is 23.5. The van der Waals surface area contributed by atoms with Crippen LogP contribution in [0.5, 0.6) is 0 Å². The standard InChI is InChI=1S/C16H23BrFN/c1-2-7-19-16-6-4-3-5-13(16)8-12-9-14(17)11-15(18)10-12/h9-11,13,16,19H,2-8H2,1H3. The minimum Gasteiger partial charge on any atom is -0.314 e. The molecule has 0 aromatic heterocycles. The molecular weight excluding hydrogens is 305 g/mol. The highest BCUT2D eigenvalue weighted by atomic mass is 79.9. The molecule has 2 unspecified atom stereocenters.